The number of morpholine rings is 1. The molecule has 21 heavy (non-hydrogen) atoms. The lowest BCUT2D eigenvalue weighted by atomic mass is 10.1. The van der Waals surface area contributed by atoms with Crippen LogP contribution in [0.2, 0.25) is 0 Å². The van der Waals surface area contributed by atoms with Crippen molar-refractivity contribution in [2.45, 2.75) is 19.1 Å². The molecule has 2 aromatic rings. The molecule has 110 valence electrons. The molecule has 0 radical (unpaired) electrons. The number of hydrogen-bond acceptors (Lipinski definition) is 4. The summed E-state index contributed by atoms with van der Waals surface area (Å²) < 4.78 is 5.56. The number of carbonyl (C=O) groups is 1. The highest BCUT2D eigenvalue weighted by Crippen LogP contribution is 2.16. The third-order valence-electron chi connectivity index (χ3n) is 3.63. The van der Waals surface area contributed by atoms with E-state index in [4.69, 9.17) is 4.74 Å². The Morgan fingerprint density at radius 1 is 1.33 bits per heavy atom. The van der Waals surface area contributed by atoms with Crippen molar-refractivity contribution in [3.63, 3.8) is 0 Å². The van der Waals surface area contributed by atoms with E-state index in [1.165, 1.54) is 0 Å². The van der Waals surface area contributed by atoms with Crippen molar-refractivity contribution in [3.8, 4) is 0 Å². The van der Waals surface area contributed by atoms with Crippen LogP contribution in [0.1, 0.15) is 17.4 Å². The summed E-state index contributed by atoms with van der Waals surface area (Å²) in [6, 6.07) is 11.4. The number of aliphatic hydroxyl groups is 1. The third-order valence-corrected chi connectivity index (χ3v) is 3.63. The second kappa shape index (κ2) is 5.79. The second-order valence-corrected chi connectivity index (χ2v) is 5.35. The van der Waals surface area contributed by atoms with Crippen LogP contribution in [0.25, 0.3) is 10.9 Å². The Morgan fingerprint density at radius 3 is 2.95 bits per heavy atom. The lowest BCUT2D eigenvalue weighted by Crippen LogP contribution is -2.50. The Morgan fingerprint density at radius 2 is 2.14 bits per heavy atom. The zero-order chi connectivity index (χ0) is 14.8. The molecule has 2 atom stereocenters. The Balaban J connectivity index is 1.85. The molecule has 1 aromatic carbocycles. The number of rotatable bonds is 2. The van der Waals surface area contributed by atoms with Gasteiger partial charge in [0.2, 0.25) is 0 Å². The Bertz CT molecular complexity index is 659. The highest BCUT2D eigenvalue weighted by atomic mass is 16.5. The normalized spacial score (nSPS) is 22.5. The molecule has 1 aliphatic heterocycles. The van der Waals surface area contributed by atoms with Crippen molar-refractivity contribution >= 4 is 16.8 Å². The number of aliphatic hydroxyl groups excluding tert-OH is 1. The van der Waals surface area contributed by atoms with Gasteiger partial charge in [-0.15, -0.1) is 0 Å². The lowest BCUT2D eigenvalue weighted by molar-refractivity contribution is -0.0859. The molecular weight excluding hydrogens is 268 g/mol. The molecule has 2 heterocycles. The summed E-state index contributed by atoms with van der Waals surface area (Å²) in [4.78, 5) is 18.7. The van der Waals surface area contributed by atoms with Crippen LogP contribution in [0.4, 0.5) is 0 Å². The summed E-state index contributed by atoms with van der Waals surface area (Å²) in [5, 5.41) is 10.3. The van der Waals surface area contributed by atoms with E-state index >= 15 is 0 Å². The quantitative estimate of drug-likeness (QED) is 0.908. The number of aromatic nitrogens is 1. The van der Waals surface area contributed by atoms with Crippen LogP contribution in [0, 0.1) is 0 Å². The number of carbonyl (C=O) groups excluding carboxylic acids is 1. The van der Waals surface area contributed by atoms with E-state index in [1.807, 2.05) is 37.3 Å². The first-order chi connectivity index (χ1) is 10.2. The van der Waals surface area contributed by atoms with Gasteiger partial charge < -0.3 is 14.7 Å². The molecule has 0 saturated carbocycles. The van der Waals surface area contributed by atoms with Gasteiger partial charge in [0.1, 0.15) is 5.69 Å². The minimum atomic E-state index is -0.321. The maximum Gasteiger partial charge on any atom is 0.272 e. The molecule has 1 saturated heterocycles. The van der Waals surface area contributed by atoms with E-state index in [0.29, 0.717) is 18.8 Å². The van der Waals surface area contributed by atoms with E-state index in [1.54, 1.807) is 11.0 Å². The van der Waals surface area contributed by atoms with Crippen LogP contribution in [0.5, 0.6) is 0 Å². The summed E-state index contributed by atoms with van der Waals surface area (Å²) in [5.41, 5.74) is 1.24. The van der Waals surface area contributed by atoms with Crippen molar-refractivity contribution in [2.75, 3.05) is 19.7 Å². The molecule has 5 nitrogen and oxygen atoms in total. The van der Waals surface area contributed by atoms with Crippen LogP contribution < -0.4 is 0 Å². The highest BCUT2D eigenvalue weighted by Gasteiger charge is 2.29. The number of amides is 1. The van der Waals surface area contributed by atoms with Crippen molar-refractivity contribution in [3.05, 3.63) is 42.1 Å². The maximum atomic E-state index is 12.6. The number of hydrogen-bond donors (Lipinski definition) is 1. The van der Waals surface area contributed by atoms with E-state index in [2.05, 4.69) is 4.98 Å². The largest absolute Gasteiger partial charge is 0.394 e. The number of pyridine rings is 1. The van der Waals surface area contributed by atoms with Gasteiger partial charge in [0.05, 0.1) is 24.3 Å². The zero-order valence-electron chi connectivity index (χ0n) is 11.9. The first-order valence-electron chi connectivity index (χ1n) is 7.09. The van der Waals surface area contributed by atoms with Gasteiger partial charge in [-0.3, -0.25) is 4.79 Å². The fraction of sp³-hybridized carbons (Fsp3) is 0.375. The van der Waals surface area contributed by atoms with Crippen LogP contribution in [0.3, 0.4) is 0 Å². The van der Waals surface area contributed by atoms with Crippen LogP contribution in [-0.4, -0.2) is 52.8 Å². The SMILES string of the molecule is CC1CN(C(=O)c2ccc3ccccc3n2)CC(CO)O1. The predicted octanol–water partition coefficient (Wildman–Crippen LogP) is 1.46. The van der Waals surface area contributed by atoms with E-state index in [9.17, 15) is 9.90 Å². The van der Waals surface area contributed by atoms with Crippen LogP contribution in [-0.2, 0) is 4.74 Å². The molecule has 1 fully saturated rings. The van der Waals surface area contributed by atoms with Gasteiger partial charge in [0.25, 0.3) is 5.91 Å². The summed E-state index contributed by atoms with van der Waals surface area (Å²) in [6.45, 7) is 2.73. The first kappa shape index (κ1) is 14.0. The number of nitrogens with zero attached hydrogens (tertiary/aromatic N) is 2. The average molecular weight is 286 g/mol. The fourth-order valence-electron chi connectivity index (χ4n) is 2.66. The molecule has 0 aliphatic carbocycles. The minimum absolute atomic E-state index is 0.0830. The summed E-state index contributed by atoms with van der Waals surface area (Å²) in [7, 11) is 0. The molecule has 1 amide bonds. The summed E-state index contributed by atoms with van der Waals surface area (Å²) in [5.74, 6) is -0.116. The highest BCUT2D eigenvalue weighted by molar-refractivity contribution is 5.95. The van der Waals surface area contributed by atoms with Gasteiger partial charge in [-0.1, -0.05) is 24.3 Å². The third kappa shape index (κ3) is 2.89. The standard InChI is InChI=1S/C16H18N2O3/c1-11-8-18(9-13(10-19)21-11)16(20)15-7-6-12-4-2-3-5-14(12)17-15/h2-7,11,13,19H,8-10H2,1H3. The molecule has 0 bridgehead atoms. The number of ether oxygens (including phenoxy) is 1. The van der Waals surface area contributed by atoms with Gasteiger partial charge in [0.15, 0.2) is 0 Å². The molecule has 5 heteroatoms. The van der Waals surface area contributed by atoms with Crippen LogP contribution in [0.15, 0.2) is 36.4 Å². The maximum absolute atomic E-state index is 12.6. The topological polar surface area (TPSA) is 62.7 Å². The molecule has 1 aliphatic rings. The summed E-state index contributed by atoms with van der Waals surface area (Å²) in [6.07, 6.45) is -0.404. The first-order valence-corrected chi connectivity index (χ1v) is 7.09. The van der Waals surface area contributed by atoms with Gasteiger partial charge in [-0.25, -0.2) is 4.98 Å². The van der Waals surface area contributed by atoms with Gasteiger partial charge in [-0.05, 0) is 19.1 Å². The smallest absolute Gasteiger partial charge is 0.272 e. The van der Waals surface area contributed by atoms with E-state index < -0.39 is 0 Å². The lowest BCUT2D eigenvalue weighted by Gasteiger charge is -2.35. The Hall–Kier alpha value is -1.98. The fourth-order valence-corrected chi connectivity index (χ4v) is 2.66. The molecule has 0 spiro atoms. The van der Waals surface area contributed by atoms with Gasteiger partial charge >= 0.3 is 0 Å². The van der Waals surface area contributed by atoms with Crippen LogP contribution >= 0.6 is 0 Å². The molecule has 3 rings (SSSR count). The van der Waals surface area contributed by atoms with E-state index in [0.717, 1.165) is 10.9 Å². The van der Waals surface area contributed by atoms with Gasteiger partial charge in [0, 0.05) is 18.5 Å². The summed E-state index contributed by atoms with van der Waals surface area (Å²) >= 11 is 0. The van der Waals surface area contributed by atoms with Crippen molar-refractivity contribution in [2.24, 2.45) is 0 Å². The minimum Gasteiger partial charge on any atom is -0.394 e. The average Bonchev–Trinajstić information content (AvgIpc) is 2.53. The zero-order valence-corrected chi connectivity index (χ0v) is 11.9. The Labute approximate surface area is 123 Å². The number of benzene rings is 1. The van der Waals surface area contributed by atoms with E-state index in [-0.39, 0.29) is 24.7 Å². The van der Waals surface area contributed by atoms with Crippen molar-refractivity contribution < 1.29 is 14.6 Å². The number of para-hydroxylation sites is 1. The monoisotopic (exact) mass is 286 g/mol. The molecule has 1 aromatic heterocycles. The van der Waals surface area contributed by atoms with Crippen molar-refractivity contribution in [1.82, 2.24) is 9.88 Å². The molecular formula is C16H18N2O3. The molecule has 2 unspecified atom stereocenters. The predicted molar refractivity (Wildman–Crippen MR) is 79.1 cm³/mol. The Kier molecular flexibility index (Phi) is 3.86. The number of fused-ring (bicyclic) bond motifs is 1. The second-order valence-electron chi connectivity index (χ2n) is 5.35. The molecule has 1 N–H and O–H groups in total. The van der Waals surface area contributed by atoms with Gasteiger partial charge in [-0.2, -0.15) is 0 Å². The van der Waals surface area contributed by atoms with Crippen molar-refractivity contribution in [1.29, 1.82) is 0 Å².